The number of aromatic nitrogens is 1. The van der Waals surface area contributed by atoms with E-state index in [2.05, 4.69) is 4.98 Å². The Labute approximate surface area is 192 Å². The topological polar surface area (TPSA) is 129 Å². The van der Waals surface area contributed by atoms with Gasteiger partial charge in [-0.3, -0.25) is 25.0 Å². The molecule has 0 bridgehead atoms. The first kappa shape index (κ1) is 22.3. The van der Waals surface area contributed by atoms with Gasteiger partial charge in [-0.1, -0.05) is 18.2 Å². The third-order valence-electron chi connectivity index (χ3n) is 5.66. The van der Waals surface area contributed by atoms with E-state index < -0.39 is 15.8 Å². The molecule has 3 aromatic rings. The molecule has 0 radical (unpaired) electrons. The van der Waals surface area contributed by atoms with Crippen LogP contribution in [0.4, 0.5) is 11.4 Å². The molecule has 1 saturated heterocycles. The SMILES string of the molecule is COc1cccc(C(=O)N2CCC(c3nc(-c4ccccc4[N+](=O)[O-])cs3)CC2)c1[N+](=O)[O-]. The minimum absolute atomic E-state index is 0.00530. The Morgan fingerprint density at radius 3 is 2.48 bits per heavy atom. The second-order valence-electron chi connectivity index (χ2n) is 7.53. The lowest BCUT2D eigenvalue weighted by molar-refractivity contribution is -0.386. The number of nitro groups is 2. The van der Waals surface area contributed by atoms with Gasteiger partial charge in [-0.15, -0.1) is 11.3 Å². The molecule has 0 saturated carbocycles. The van der Waals surface area contributed by atoms with Crippen molar-refractivity contribution >= 4 is 28.6 Å². The van der Waals surface area contributed by atoms with Crippen LogP contribution in [-0.4, -0.2) is 45.8 Å². The number of benzene rings is 2. The third-order valence-corrected chi connectivity index (χ3v) is 6.67. The van der Waals surface area contributed by atoms with E-state index in [1.165, 1.54) is 36.6 Å². The summed E-state index contributed by atoms with van der Waals surface area (Å²) in [5.74, 6) is -0.249. The molecule has 0 N–H and O–H groups in total. The summed E-state index contributed by atoms with van der Waals surface area (Å²) in [6.45, 7) is 0.858. The zero-order chi connectivity index (χ0) is 23.5. The molecule has 0 unspecified atom stereocenters. The highest BCUT2D eigenvalue weighted by Gasteiger charge is 2.32. The summed E-state index contributed by atoms with van der Waals surface area (Å²) in [4.78, 5) is 41.1. The predicted molar refractivity (Wildman–Crippen MR) is 122 cm³/mol. The number of rotatable bonds is 6. The Morgan fingerprint density at radius 2 is 1.82 bits per heavy atom. The Hall–Kier alpha value is -3.86. The number of carbonyl (C=O) groups excluding carboxylic acids is 1. The Morgan fingerprint density at radius 1 is 1.09 bits per heavy atom. The lowest BCUT2D eigenvalue weighted by Gasteiger charge is -2.31. The van der Waals surface area contributed by atoms with Gasteiger partial charge >= 0.3 is 5.69 Å². The molecule has 1 amide bonds. The van der Waals surface area contributed by atoms with Crippen LogP contribution in [0.15, 0.2) is 47.8 Å². The number of ether oxygens (including phenoxy) is 1. The predicted octanol–water partition coefficient (Wildman–Crippen LogP) is 4.65. The number of amides is 1. The maximum absolute atomic E-state index is 13.0. The first-order valence-corrected chi connectivity index (χ1v) is 11.1. The first-order valence-electron chi connectivity index (χ1n) is 10.2. The zero-order valence-electron chi connectivity index (χ0n) is 17.7. The van der Waals surface area contributed by atoms with Crippen molar-refractivity contribution < 1.29 is 19.4 Å². The fourth-order valence-electron chi connectivity index (χ4n) is 4.00. The molecule has 0 aliphatic carbocycles. The van der Waals surface area contributed by atoms with Crippen LogP contribution in [0.1, 0.15) is 34.1 Å². The molecule has 33 heavy (non-hydrogen) atoms. The van der Waals surface area contributed by atoms with Crippen molar-refractivity contribution in [3.63, 3.8) is 0 Å². The Balaban J connectivity index is 1.48. The van der Waals surface area contributed by atoms with Gasteiger partial charge in [-0.2, -0.15) is 0 Å². The highest BCUT2D eigenvalue weighted by molar-refractivity contribution is 7.10. The molecule has 1 fully saturated rings. The second kappa shape index (κ2) is 9.33. The van der Waals surface area contributed by atoms with Gasteiger partial charge in [0, 0.05) is 30.5 Å². The Kier molecular flexibility index (Phi) is 6.31. The van der Waals surface area contributed by atoms with Gasteiger partial charge in [0.25, 0.3) is 11.6 Å². The maximum Gasteiger partial charge on any atom is 0.323 e. The summed E-state index contributed by atoms with van der Waals surface area (Å²) in [6.07, 6.45) is 1.29. The maximum atomic E-state index is 13.0. The van der Waals surface area contributed by atoms with Gasteiger partial charge in [0.15, 0.2) is 5.75 Å². The van der Waals surface area contributed by atoms with Crippen LogP contribution < -0.4 is 4.74 Å². The Bertz CT molecular complexity index is 1220. The number of hydrogen-bond donors (Lipinski definition) is 0. The molecule has 4 rings (SSSR count). The standard InChI is InChI=1S/C22H20N4O6S/c1-32-19-8-4-6-16(20(19)26(30)31)22(27)24-11-9-14(10-12-24)21-23-17(13-33-21)15-5-2-3-7-18(15)25(28)29/h2-8,13-14H,9-12H2,1H3. The van der Waals surface area contributed by atoms with Crippen LogP contribution >= 0.6 is 11.3 Å². The summed E-state index contributed by atoms with van der Waals surface area (Å²) >= 11 is 1.45. The van der Waals surface area contributed by atoms with Crippen molar-refractivity contribution in [3.05, 3.63) is 78.6 Å². The van der Waals surface area contributed by atoms with Gasteiger partial charge in [0.2, 0.25) is 0 Å². The van der Waals surface area contributed by atoms with Crippen molar-refractivity contribution in [1.29, 1.82) is 0 Å². The highest BCUT2D eigenvalue weighted by Crippen LogP contribution is 2.37. The van der Waals surface area contributed by atoms with E-state index in [9.17, 15) is 25.0 Å². The van der Waals surface area contributed by atoms with E-state index in [4.69, 9.17) is 4.74 Å². The lowest BCUT2D eigenvalue weighted by atomic mass is 9.96. The number of nitrogens with zero attached hydrogens (tertiary/aromatic N) is 4. The van der Waals surface area contributed by atoms with E-state index in [1.807, 2.05) is 5.38 Å². The van der Waals surface area contributed by atoms with Gasteiger partial charge in [-0.05, 0) is 31.0 Å². The molecule has 0 spiro atoms. The van der Waals surface area contributed by atoms with Crippen molar-refractivity contribution in [2.75, 3.05) is 20.2 Å². The molecule has 0 atom stereocenters. The lowest BCUT2D eigenvalue weighted by Crippen LogP contribution is -2.38. The number of hydrogen-bond acceptors (Lipinski definition) is 8. The van der Waals surface area contributed by atoms with Crippen LogP contribution in [-0.2, 0) is 0 Å². The van der Waals surface area contributed by atoms with Crippen LogP contribution in [0.3, 0.4) is 0 Å². The van der Waals surface area contributed by atoms with E-state index in [1.54, 1.807) is 29.2 Å². The highest BCUT2D eigenvalue weighted by atomic mass is 32.1. The number of methoxy groups -OCH3 is 1. The molecule has 1 aliphatic rings. The molecule has 2 heterocycles. The fraction of sp³-hybridized carbons (Fsp3) is 0.273. The van der Waals surface area contributed by atoms with Crippen LogP contribution in [0.2, 0.25) is 0 Å². The summed E-state index contributed by atoms with van der Waals surface area (Å²) in [5, 5.41) is 25.5. The summed E-state index contributed by atoms with van der Waals surface area (Å²) in [7, 11) is 1.33. The quantitative estimate of drug-likeness (QED) is 0.380. The summed E-state index contributed by atoms with van der Waals surface area (Å²) in [6, 6.07) is 11.0. The molecular weight excluding hydrogens is 448 g/mol. The average molecular weight is 468 g/mol. The minimum Gasteiger partial charge on any atom is -0.490 e. The molecule has 1 aliphatic heterocycles. The minimum atomic E-state index is -0.599. The van der Waals surface area contributed by atoms with E-state index in [-0.39, 0.29) is 28.6 Å². The smallest absolute Gasteiger partial charge is 0.323 e. The van der Waals surface area contributed by atoms with Crippen LogP contribution in [0.5, 0.6) is 5.75 Å². The van der Waals surface area contributed by atoms with E-state index in [0.29, 0.717) is 37.2 Å². The normalized spacial score (nSPS) is 14.2. The molecule has 1 aromatic heterocycles. The van der Waals surface area contributed by atoms with Crippen molar-refractivity contribution in [1.82, 2.24) is 9.88 Å². The number of piperidine rings is 1. The van der Waals surface area contributed by atoms with Gasteiger partial charge < -0.3 is 9.64 Å². The number of thiazole rings is 1. The summed E-state index contributed by atoms with van der Waals surface area (Å²) < 4.78 is 5.06. The van der Waals surface area contributed by atoms with Gasteiger partial charge in [0.1, 0.15) is 5.56 Å². The van der Waals surface area contributed by atoms with Crippen molar-refractivity contribution in [2.24, 2.45) is 0 Å². The van der Waals surface area contributed by atoms with Gasteiger partial charge in [-0.25, -0.2) is 4.98 Å². The molecule has 170 valence electrons. The fourth-order valence-corrected chi connectivity index (χ4v) is 4.99. The number of para-hydroxylation sites is 2. The largest absolute Gasteiger partial charge is 0.490 e. The van der Waals surface area contributed by atoms with E-state index >= 15 is 0 Å². The van der Waals surface area contributed by atoms with Gasteiger partial charge in [0.05, 0.1) is 33.2 Å². The number of nitro benzene ring substituents is 2. The molecular formula is C22H20N4O6S. The van der Waals surface area contributed by atoms with Crippen LogP contribution in [0, 0.1) is 20.2 Å². The summed E-state index contributed by atoms with van der Waals surface area (Å²) in [5.41, 5.74) is 0.720. The van der Waals surface area contributed by atoms with Crippen LogP contribution in [0.25, 0.3) is 11.3 Å². The third kappa shape index (κ3) is 4.40. The molecule has 10 nitrogen and oxygen atoms in total. The van der Waals surface area contributed by atoms with Crippen molar-refractivity contribution in [3.8, 4) is 17.0 Å². The first-order chi connectivity index (χ1) is 15.9. The van der Waals surface area contributed by atoms with Crippen molar-refractivity contribution in [2.45, 2.75) is 18.8 Å². The molecule has 11 heteroatoms. The average Bonchev–Trinajstić information content (AvgIpc) is 3.33. The zero-order valence-corrected chi connectivity index (χ0v) is 18.5. The number of carbonyl (C=O) groups is 1. The van der Waals surface area contributed by atoms with E-state index in [0.717, 1.165) is 5.01 Å². The monoisotopic (exact) mass is 468 g/mol. The molecule has 2 aromatic carbocycles. The second-order valence-corrected chi connectivity index (χ2v) is 8.41. The number of likely N-dealkylation sites (tertiary alicyclic amines) is 1.